The number of hydrogen-bond donors (Lipinski definition) is 4. The molecule has 0 aliphatic heterocycles. The highest BCUT2D eigenvalue weighted by Crippen LogP contribution is 2.19. The third-order valence-corrected chi connectivity index (χ3v) is 3.40. The number of carbonyl (C=O) groups excluding carboxylic acids is 1. The summed E-state index contributed by atoms with van der Waals surface area (Å²) in [6.45, 7) is 1.81. The number of aryl methyl sites for hydroxylation is 1. The van der Waals surface area contributed by atoms with Gasteiger partial charge in [0.05, 0.1) is 6.10 Å². The minimum absolute atomic E-state index is 0.122. The van der Waals surface area contributed by atoms with Crippen molar-refractivity contribution >= 4 is 11.7 Å². The van der Waals surface area contributed by atoms with E-state index in [0.717, 1.165) is 31.4 Å². The first-order valence-electron chi connectivity index (χ1n) is 6.52. The number of nitrogens with one attached hydrogen (secondary N) is 2. The number of hydrogen-bond acceptors (Lipinski definition) is 5. The highest BCUT2D eigenvalue weighted by Gasteiger charge is 2.21. The highest BCUT2D eigenvalue weighted by molar-refractivity contribution is 5.95. The molecule has 6 nitrogen and oxygen atoms in total. The lowest BCUT2D eigenvalue weighted by Crippen LogP contribution is -2.38. The Morgan fingerprint density at radius 2 is 2.05 bits per heavy atom. The van der Waals surface area contributed by atoms with Crippen LogP contribution in [0.15, 0.2) is 12.1 Å². The highest BCUT2D eigenvalue weighted by atomic mass is 16.3. The van der Waals surface area contributed by atoms with Gasteiger partial charge in [-0.05, 0) is 44.7 Å². The van der Waals surface area contributed by atoms with Gasteiger partial charge in [0.2, 0.25) is 0 Å². The molecule has 1 amide bonds. The number of anilines is 1. The molecule has 1 aliphatic rings. The number of carbonyl (C=O) groups is 1. The van der Waals surface area contributed by atoms with Crippen LogP contribution in [0.4, 0.5) is 5.82 Å². The van der Waals surface area contributed by atoms with Crippen LogP contribution < -0.4 is 16.6 Å². The fourth-order valence-electron chi connectivity index (χ4n) is 2.36. The largest absolute Gasteiger partial charge is 0.393 e. The van der Waals surface area contributed by atoms with Crippen molar-refractivity contribution in [1.29, 1.82) is 0 Å². The summed E-state index contributed by atoms with van der Waals surface area (Å²) in [7, 11) is 0. The number of nitrogens with zero attached hydrogens (tertiary/aromatic N) is 1. The number of nitrogen functional groups attached to an aromatic ring is 1. The van der Waals surface area contributed by atoms with Gasteiger partial charge in [-0.25, -0.2) is 10.8 Å². The van der Waals surface area contributed by atoms with Gasteiger partial charge in [-0.15, -0.1) is 0 Å². The first-order valence-corrected chi connectivity index (χ1v) is 6.52. The van der Waals surface area contributed by atoms with Gasteiger partial charge in [0.25, 0.3) is 5.91 Å². The number of aliphatic hydroxyl groups excluding tert-OH is 1. The van der Waals surface area contributed by atoms with Crippen LogP contribution in [-0.4, -0.2) is 28.1 Å². The Morgan fingerprint density at radius 3 is 2.68 bits per heavy atom. The maximum Gasteiger partial charge on any atom is 0.251 e. The molecule has 0 unspecified atom stereocenters. The molecule has 5 N–H and O–H groups in total. The van der Waals surface area contributed by atoms with Crippen molar-refractivity contribution in [3.05, 3.63) is 23.4 Å². The van der Waals surface area contributed by atoms with Gasteiger partial charge in [-0.1, -0.05) is 0 Å². The predicted octanol–water partition coefficient (Wildman–Crippen LogP) is 0.709. The Balaban J connectivity index is 2.01. The van der Waals surface area contributed by atoms with E-state index in [0.29, 0.717) is 11.4 Å². The lowest BCUT2D eigenvalue weighted by atomic mass is 9.93. The summed E-state index contributed by atoms with van der Waals surface area (Å²) in [4.78, 5) is 16.3. The van der Waals surface area contributed by atoms with Crippen molar-refractivity contribution in [2.45, 2.75) is 44.8 Å². The molecule has 1 aromatic rings. The van der Waals surface area contributed by atoms with Gasteiger partial charge in [0.1, 0.15) is 5.82 Å². The second kappa shape index (κ2) is 5.99. The Kier molecular flexibility index (Phi) is 4.34. The first-order chi connectivity index (χ1) is 9.08. The number of hydrazine groups is 1. The molecule has 0 atom stereocenters. The zero-order valence-electron chi connectivity index (χ0n) is 11.0. The maximum absolute atomic E-state index is 12.1. The first kappa shape index (κ1) is 13.8. The van der Waals surface area contributed by atoms with Gasteiger partial charge >= 0.3 is 0 Å². The van der Waals surface area contributed by atoms with Crippen molar-refractivity contribution in [1.82, 2.24) is 10.3 Å². The third-order valence-electron chi connectivity index (χ3n) is 3.40. The second-order valence-corrected chi connectivity index (χ2v) is 5.01. The van der Waals surface area contributed by atoms with Crippen molar-refractivity contribution in [2.75, 3.05) is 5.43 Å². The zero-order valence-corrected chi connectivity index (χ0v) is 11.0. The van der Waals surface area contributed by atoms with E-state index < -0.39 is 0 Å². The lowest BCUT2D eigenvalue weighted by molar-refractivity contribution is 0.0867. The topological polar surface area (TPSA) is 100 Å². The molecule has 0 saturated heterocycles. The van der Waals surface area contributed by atoms with Gasteiger partial charge in [0.15, 0.2) is 0 Å². The molecule has 0 radical (unpaired) electrons. The molecule has 0 spiro atoms. The van der Waals surface area contributed by atoms with Crippen LogP contribution in [0.2, 0.25) is 0 Å². The van der Waals surface area contributed by atoms with Crippen LogP contribution in [-0.2, 0) is 0 Å². The van der Waals surface area contributed by atoms with E-state index in [1.807, 2.05) is 6.92 Å². The molecule has 0 bridgehead atoms. The molecule has 1 aliphatic carbocycles. The predicted molar refractivity (Wildman–Crippen MR) is 72.5 cm³/mol. The number of pyridine rings is 1. The average molecular weight is 264 g/mol. The number of aromatic nitrogens is 1. The number of amides is 1. The molecule has 6 heteroatoms. The normalized spacial score (nSPS) is 22.9. The Hall–Kier alpha value is -1.66. The summed E-state index contributed by atoms with van der Waals surface area (Å²) < 4.78 is 0. The van der Waals surface area contributed by atoms with Crippen LogP contribution >= 0.6 is 0 Å². The van der Waals surface area contributed by atoms with E-state index in [2.05, 4.69) is 15.7 Å². The lowest BCUT2D eigenvalue weighted by Gasteiger charge is -2.26. The van der Waals surface area contributed by atoms with Crippen LogP contribution in [0.25, 0.3) is 0 Å². The zero-order chi connectivity index (χ0) is 13.8. The molecular formula is C13H20N4O2. The molecule has 1 aromatic heterocycles. The van der Waals surface area contributed by atoms with Crippen molar-refractivity contribution in [2.24, 2.45) is 5.84 Å². The maximum atomic E-state index is 12.1. The van der Waals surface area contributed by atoms with E-state index in [4.69, 9.17) is 5.84 Å². The monoisotopic (exact) mass is 264 g/mol. The van der Waals surface area contributed by atoms with Gasteiger partial charge in [-0.2, -0.15) is 0 Å². The molecule has 1 fully saturated rings. The summed E-state index contributed by atoms with van der Waals surface area (Å²) >= 11 is 0. The van der Waals surface area contributed by atoms with E-state index in [9.17, 15) is 9.90 Å². The molecule has 2 rings (SSSR count). The van der Waals surface area contributed by atoms with Crippen molar-refractivity contribution in [3.8, 4) is 0 Å². The van der Waals surface area contributed by atoms with Crippen LogP contribution in [0, 0.1) is 6.92 Å². The summed E-state index contributed by atoms with van der Waals surface area (Å²) in [6.07, 6.45) is 2.91. The number of nitrogens with two attached hydrogens (primary N) is 1. The quantitative estimate of drug-likeness (QED) is 0.476. The van der Waals surface area contributed by atoms with Crippen LogP contribution in [0.5, 0.6) is 0 Å². The summed E-state index contributed by atoms with van der Waals surface area (Å²) in [5.41, 5.74) is 3.73. The molecule has 1 saturated carbocycles. The fraction of sp³-hybridized carbons (Fsp3) is 0.538. The molecular weight excluding hydrogens is 244 g/mol. The number of rotatable bonds is 3. The molecule has 0 aromatic carbocycles. The van der Waals surface area contributed by atoms with Gasteiger partial charge in [0, 0.05) is 17.3 Å². The van der Waals surface area contributed by atoms with E-state index >= 15 is 0 Å². The van der Waals surface area contributed by atoms with Crippen LogP contribution in [0.3, 0.4) is 0 Å². The van der Waals surface area contributed by atoms with Crippen molar-refractivity contribution in [3.63, 3.8) is 0 Å². The minimum Gasteiger partial charge on any atom is -0.393 e. The fourth-order valence-corrected chi connectivity index (χ4v) is 2.36. The SMILES string of the molecule is Cc1cc(C(=O)NC2CCC(O)CC2)cc(NN)n1. The summed E-state index contributed by atoms with van der Waals surface area (Å²) in [6, 6.07) is 3.49. The average Bonchev–Trinajstić information content (AvgIpc) is 2.40. The van der Waals surface area contributed by atoms with Gasteiger partial charge < -0.3 is 15.8 Å². The van der Waals surface area contributed by atoms with Crippen molar-refractivity contribution < 1.29 is 9.90 Å². The van der Waals surface area contributed by atoms with Crippen LogP contribution in [0.1, 0.15) is 41.7 Å². The smallest absolute Gasteiger partial charge is 0.251 e. The Labute approximate surface area is 112 Å². The molecule has 1 heterocycles. The van der Waals surface area contributed by atoms with E-state index in [1.54, 1.807) is 12.1 Å². The van der Waals surface area contributed by atoms with E-state index in [1.165, 1.54) is 0 Å². The summed E-state index contributed by atoms with van der Waals surface area (Å²) in [5, 5.41) is 12.4. The Morgan fingerprint density at radius 1 is 1.37 bits per heavy atom. The Bertz CT molecular complexity index is 456. The third kappa shape index (κ3) is 3.65. The van der Waals surface area contributed by atoms with Gasteiger partial charge in [-0.3, -0.25) is 4.79 Å². The second-order valence-electron chi connectivity index (χ2n) is 5.01. The van der Waals surface area contributed by atoms with E-state index in [-0.39, 0.29) is 18.1 Å². The molecule has 19 heavy (non-hydrogen) atoms. The molecule has 104 valence electrons. The number of aliphatic hydroxyl groups is 1. The standard InChI is InChI=1S/C13H20N4O2/c1-8-6-9(7-12(15-8)17-14)13(19)16-10-2-4-11(18)5-3-10/h6-7,10-11,18H,2-5,14H2,1H3,(H,15,17)(H,16,19). The summed E-state index contributed by atoms with van der Waals surface area (Å²) in [5.74, 6) is 5.67. The minimum atomic E-state index is -0.218.